The topological polar surface area (TPSA) is 50.8 Å². The Kier molecular flexibility index (Phi) is 8.60. The zero-order chi connectivity index (χ0) is 17.9. The summed E-state index contributed by atoms with van der Waals surface area (Å²) < 4.78 is 11.0. The highest BCUT2D eigenvalue weighted by Crippen LogP contribution is 2.20. The Morgan fingerprint density at radius 2 is 1.68 bits per heavy atom. The average molecular weight is 348 g/mol. The van der Waals surface area contributed by atoms with Crippen LogP contribution in [0.3, 0.4) is 0 Å². The van der Waals surface area contributed by atoms with Gasteiger partial charge in [0.2, 0.25) is 5.91 Å². The van der Waals surface area contributed by atoms with Crippen molar-refractivity contribution in [2.75, 3.05) is 33.4 Å². The molecule has 1 aliphatic carbocycles. The zero-order valence-corrected chi connectivity index (χ0v) is 15.6. The van der Waals surface area contributed by atoms with E-state index in [1.54, 1.807) is 0 Å². The molecule has 25 heavy (non-hydrogen) atoms. The standard InChI is InChI=1S/C20H32N2O3/c1-3-24-18-10-12-19(13-11-18)25-15-14-21-20(23)16-22(2)17-8-6-4-5-7-9-17/h10-13,17H,3-9,14-16H2,1-2H3,(H,21,23). The molecule has 0 aliphatic heterocycles. The van der Waals surface area contributed by atoms with Gasteiger partial charge in [-0.2, -0.15) is 0 Å². The van der Waals surface area contributed by atoms with Gasteiger partial charge in [-0.05, 0) is 51.1 Å². The molecular formula is C20H32N2O3. The Morgan fingerprint density at radius 1 is 1.08 bits per heavy atom. The van der Waals surface area contributed by atoms with E-state index in [-0.39, 0.29) is 5.91 Å². The molecular weight excluding hydrogens is 316 g/mol. The largest absolute Gasteiger partial charge is 0.494 e. The minimum absolute atomic E-state index is 0.0713. The molecule has 1 amide bonds. The van der Waals surface area contributed by atoms with Crippen LogP contribution in [-0.4, -0.2) is 50.2 Å². The summed E-state index contributed by atoms with van der Waals surface area (Å²) in [5, 5.41) is 2.94. The predicted octanol–water partition coefficient (Wildman–Crippen LogP) is 3.23. The number of hydrogen-bond acceptors (Lipinski definition) is 4. The molecule has 0 radical (unpaired) electrons. The van der Waals surface area contributed by atoms with Crippen molar-refractivity contribution in [3.63, 3.8) is 0 Å². The summed E-state index contributed by atoms with van der Waals surface area (Å²) in [4.78, 5) is 14.3. The van der Waals surface area contributed by atoms with Crippen LogP contribution in [0.2, 0.25) is 0 Å². The highest BCUT2D eigenvalue weighted by molar-refractivity contribution is 5.77. The summed E-state index contributed by atoms with van der Waals surface area (Å²) in [6, 6.07) is 8.09. The van der Waals surface area contributed by atoms with Gasteiger partial charge in [0.05, 0.1) is 19.7 Å². The molecule has 2 rings (SSSR count). The first kappa shape index (κ1) is 19.6. The van der Waals surface area contributed by atoms with E-state index in [0.29, 0.717) is 32.3 Å². The van der Waals surface area contributed by atoms with E-state index in [1.807, 2.05) is 31.2 Å². The van der Waals surface area contributed by atoms with Crippen molar-refractivity contribution in [2.24, 2.45) is 0 Å². The maximum atomic E-state index is 12.1. The van der Waals surface area contributed by atoms with Crippen molar-refractivity contribution in [3.8, 4) is 11.5 Å². The number of benzene rings is 1. The molecule has 1 fully saturated rings. The molecule has 1 N–H and O–H groups in total. The van der Waals surface area contributed by atoms with Crippen LogP contribution < -0.4 is 14.8 Å². The van der Waals surface area contributed by atoms with Crippen molar-refractivity contribution in [3.05, 3.63) is 24.3 Å². The number of nitrogens with one attached hydrogen (secondary N) is 1. The predicted molar refractivity (Wildman–Crippen MR) is 100 cm³/mol. The smallest absolute Gasteiger partial charge is 0.234 e. The molecule has 5 nitrogen and oxygen atoms in total. The summed E-state index contributed by atoms with van der Waals surface area (Å²) in [5.41, 5.74) is 0. The number of carbonyl (C=O) groups excluding carboxylic acids is 1. The molecule has 0 unspecified atom stereocenters. The summed E-state index contributed by atoms with van der Waals surface area (Å²) in [7, 11) is 2.06. The summed E-state index contributed by atoms with van der Waals surface area (Å²) in [6.45, 7) is 4.06. The monoisotopic (exact) mass is 348 g/mol. The molecule has 1 aromatic carbocycles. The van der Waals surface area contributed by atoms with Crippen LogP contribution in [0, 0.1) is 0 Å². The van der Waals surface area contributed by atoms with Gasteiger partial charge in [-0.25, -0.2) is 0 Å². The second-order valence-corrected chi connectivity index (χ2v) is 6.66. The lowest BCUT2D eigenvalue weighted by Gasteiger charge is -2.26. The first-order valence-corrected chi connectivity index (χ1v) is 9.51. The maximum absolute atomic E-state index is 12.1. The van der Waals surface area contributed by atoms with Crippen LogP contribution >= 0.6 is 0 Å². The van der Waals surface area contributed by atoms with E-state index in [4.69, 9.17) is 9.47 Å². The van der Waals surface area contributed by atoms with E-state index in [9.17, 15) is 4.79 Å². The van der Waals surface area contributed by atoms with Crippen LogP contribution in [0.1, 0.15) is 45.4 Å². The molecule has 0 saturated heterocycles. The molecule has 0 heterocycles. The van der Waals surface area contributed by atoms with Gasteiger partial charge < -0.3 is 14.8 Å². The van der Waals surface area contributed by atoms with E-state index < -0.39 is 0 Å². The van der Waals surface area contributed by atoms with E-state index >= 15 is 0 Å². The van der Waals surface area contributed by atoms with Gasteiger partial charge in [-0.1, -0.05) is 25.7 Å². The fourth-order valence-corrected chi connectivity index (χ4v) is 3.27. The Morgan fingerprint density at radius 3 is 2.28 bits per heavy atom. The Labute approximate surface area is 151 Å². The molecule has 0 spiro atoms. The molecule has 0 bridgehead atoms. The van der Waals surface area contributed by atoms with Crippen molar-refractivity contribution in [1.82, 2.24) is 10.2 Å². The van der Waals surface area contributed by atoms with E-state index in [2.05, 4.69) is 17.3 Å². The minimum atomic E-state index is 0.0713. The van der Waals surface area contributed by atoms with Gasteiger partial charge in [-0.3, -0.25) is 9.69 Å². The highest BCUT2D eigenvalue weighted by Gasteiger charge is 2.18. The number of hydrogen-bond donors (Lipinski definition) is 1. The molecule has 0 aromatic heterocycles. The lowest BCUT2D eigenvalue weighted by molar-refractivity contribution is -0.122. The molecule has 1 saturated carbocycles. The van der Waals surface area contributed by atoms with Crippen LogP contribution in [0.5, 0.6) is 11.5 Å². The Balaban J connectivity index is 1.61. The van der Waals surface area contributed by atoms with E-state index in [1.165, 1.54) is 38.5 Å². The molecule has 5 heteroatoms. The van der Waals surface area contributed by atoms with E-state index in [0.717, 1.165) is 11.5 Å². The zero-order valence-electron chi connectivity index (χ0n) is 15.6. The summed E-state index contributed by atoms with van der Waals surface area (Å²) in [5.74, 6) is 1.69. The first-order valence-electron chi connectivity index (χ1n) is 9.51. The lowest BCUT2D eigenvalue weighted by atomic mass is 10.1. The average Bonchev–Trinajstić information content (AvgIpc) is 2.90. The highest BCUT2D eigenvalue weighted by atomic mass is 16.5. The number of rotatable bonds is 9. The van der Waals surface area contributed by atoms with Crippen LogP contribution in [0.4, 0.5) is 0 Å². The van der Waals surface area contributed by atoms with Crippen LogP contribution in [0.15, 0.2) is 24.3 Å². The number of amides is 1. The van der Waals surface area contributed by atoms with Crippen molar-refractivity contribution < 1.29 is 14.3 Å². The normalized spacial score (nSPS) is 15.6. The van der Waals surface area contributed by atoms with Crippen molar-refractivity contribution >= 4 is 5.91 Å². The maximum Gasteiger partial charge on any atom is 0.234 e. The molecule has 1 aliphatic rings. The molecule has 1 aromatic rings. The fraction of sp³-hybridized carbons (Fsp3) is 0.650. The van der Waals surface area contributed by atoms with Crippen molar-refractivity contribution in [2.45, 2.75) is 51.5 Å². The van der Waals surface area contributed by atoms with Gasteiger partial charge in [0, 0.05) is 6.04 Å². The Bertz CT molecular complexity index is 496. The van der Waals surface area contributed by atoms with Gasteiger partial charge in [0.25, 0.3) is 0 Å². The molecule has 0 atom stereocenters. The Hall–Kier alpha value is -1.75. The van der Waals surface area contributed by atoms with Gasteiger partial charge in [0.1, 0.15) is 18.1 Å². The third-order valence-electron chi connectivity index (χ3n) is 4.67. The lowest BCUT2D eigenvalue weighted by Crippen LogP contribution is -2.41. The van der Waals surface area contributed by atoms with Crippen LogP contribution in [0.25, 0.3) is 0 Å². The summed E-state index contributed by atoms with van der Waals surface area (Å²) >= 11 is 0. The first-order chi connectivity index (χ1) is 12.2. The third-order valence-corrected chi connectivity index (χ3v) is 4.67. The van der Waals surface area contributed by atoms with Gasteiger partial charge in [0.15, 0.2) is 0 Å². The number of nitrogens with zero attached hydrogens (tertiary/aromatic N) is 1. The van der Waals surface area contributed by atoms with Gasteiger partial charge >= 0.3 is 0 Å². The third kappa shape index (κ3) is 7.34. The second-order valence-electron chi connectivity index (χ2n) is 6.66. The number of likely N-dealkylation sites (N-methyl/N-ethyl adjacent to an activating group) is 1. The number of ether oxygens (including phenoxy) is 2. The van der Waals surface area contributed by atoms with Crippen molar-refractivity contribution in [1.29, 1.82) is 0 Å². The fourth-order valence-electron chi connectivity index (χ4n) is 3.27. The number of carbonyl (C=O) groups is 1. The van der Waals surface area contributed by atoms with Crippen LogP contribution in [-0.2, 0) is 4.79 Å². The molecule has 140 valence electrons. The quantitative estimate of drug-likeness (QED) is 0.550. The summed E-state index contributed by atoms with van der Waals surface area (Å²) in [6.07, 6.45) is 7.66. The SMILES string of the molecule is CCOc1ccc(OCCNC(=O)CN(C)C2CCCCCC2)cc1. The minimum Gasteiger partial charge on any atom is -0.494 e. The van der Waals surface area contributed by atoms with Gasteiger partial charge in [-0.15, -0.1) is 0 Å². The second kappa shape index (κ2) is 11.0.